The first-order valence-corrected chi connectivity index (χ1v) is 9.57. The molecule has 0 aromatic carbocycles. The molecule has 110 valence electrons. The third-order valence-corrected chi connectivity index (χ3v) is 7.53. The molecule has 0 aromatic rings. The molecule has 4 unspecified atom stereocenters. The summed E-state index contributed by atoms with van der Waals surface area (Å²) in [6.45, 7) is 1.83. The second kappa shape index (κ2) is 5.70. The third-order valence-electron chi connectivity index (χ3n) is 5.26. The summed E-state index contributed by atoms with van der Waals surface area (Å²) in [5.74, 6) is 1.11. The van der Waals surface area contributed by atoms with Crippen LogP contribution in [0.5, 0.6) is 0 Å². The molecular weight excluding hydrogens is 260 g/mol. The molecule has 0 bridgehead atoms. The van der Waals surface area contributed by atoms with Crippen molar-refractivity contribution in [2.24, 2.45) is 5.92 Å². The Labute approximate surface area is 116 Å². The van der Waals surface area contributed by atoms with Crippen molar-refractivity contribution in [1.82, 2.24) is 10.6 Å². The quantitative estimate of drug-likeness (QED) is 0.812. The molecule has 4 nitrogen and oxygen atoms in total. The fourth-order valence-corrected chi connectivity index (χ4v) is 5.95. The van der Waals surface area contributed by atoms with Crippen LogP contribution in [-0.4, -0.2) is 44.6 Å². The van der Waals surface area contributed by atoms with Gasteiger partial charge >= 0.3 is 0 Å². The van der Waals surface area contributed by atoms with Crippen molar-refractivity contribution >= 4 is 9.84 Å². The summed E-state index contributed by atoms with van der Waals surface area (Å²) in [7, 11) is -2.79. The molecule has 0 amide bonds. The maximum atomic E-state index is 11.9. The van der Waals surface area contributed by atoms with Crippen LogP contribution in [0.3, 0.4) is 0 Å². The van der Waals surface area contributed by atoms with Crippen LogP contribution in [0.25, 0.3) is 0 Å². The first kappa shape index (κ1) is 13.8. The Morgan fingerprint density at radius 2 is 1.95 bits per heavy atom. The van der Waals surface area contributed by atoms with Gasteiger partial charge in [0.25, 0.3) is 0 Å². The normalized spacial score (nSPS) is 41.9. The van der Waals surface area contributed by atoms with Crippen LogP contribution in [-0.2, 0) is 9.84 Å². The Morgan fingerprint density at radius 1 is 1.05 bits per heavy atom. The highest BCUT2D eigenvalue weighted by Gasteiger charge is 2.37. The van der Waals surface area contributed by atoms with E-state index in [2.05, 4.69) is 10.6 Å². The predicted octanol–water partition coefficient (Wildman–Crippen LogP) is 1.07. The fourth-order valence-electron chi connectivity index (χ4n) is 4.17. The van der Waals surface area contributed by atoms with Gasteiger partial charge in [-0.05, 0) is 51.0 Å². The lowest BCUT2D eigenvalue weighted by molar-refractivity contribution is 0.320. The van der Waals surface area contributed by atoms with Gasteiger partial charge in [0, 0.05) is 18.6 Å². The van der Waals surface area contributed by atoms with Crippen LogP contribution in [0, 0.1) is 5.92 Å². The summed E-state index contributed by atoms with van der Waals surface area (Å²) in [6, 6.07) is 1.20. The molecule has 2 aliphatic heterocycles. The summed E-state index contributed by atoms with van der Waals surface area (Å²) in [5.41, 5.74) is 0. The van der Waals surface area contributed by atoms with Gasteiger partial charge in [-0.15, -0.1) is 0 Å². The van der Waals surface area contributed by atoms with E-state index in [0.29, 0.717) is 30.3 Å². The third kappa shape index (κ3) is 2.98. The Hall–Kier alpha value is -0.130. The van der Waals surface area contributed by atoms with Crippen molar-refractivity contribution in [1.29, 1.82) is 0 Å². The maximum absolute atomic E-state index is 11.9. The molecule has 3 aliphatic rings. The Kier molecular flexibility index (Phi) is 4.15. The maximum Gasteiger partial charge on any atom is 0.154 e. The van der Waals surface area contributed by atoms with Gasteiger partial charge < -0.3 is 10.6 Å². The second-order valence-corrected chi connectivity index (χ2v) is 8.84. The molecule has 2 saturated heterocycles. The molecule has 0 spiro atoms. The lowest BCUT2D eigenvalue weighted by atomic mass is 9.93. The van der Waals surface area contributed by atoms with Gasteiger partial charge in [0.2, 0.25) is 0 Å². The van der Waals surface area contributed by atoms with Gasteiger partial charge in [-0.1, -0.05) is 6.42 Å². The van der Waals surface area contributed by atoms with Crippen LogP contribution >= 0.6 is 0 Å². The van der Waals surface area contributed by atoms with E-state index in [1.54, 1.807) is 0 Å². The zero-order valence-corrected chi connectivity index (χ0v) is 12.4. The van der Waals surface area contributed by atoms with E-state index in [0.717, 1.165) is 19.4 Å². The molecule has 1 aliphatic carbocycles. The Bertz CT molecular complexity index is 404. The predicted molar refractivity (Wildman–Crippen MR) is 77.0 cm³/mol. The van der Waals surface area contributed by atoms with Crippen LogP contribution in [0.4, 0.5) is 0 Å². The fraction of sp³-hybridized carbons (Fsp3) is 1.00. The molecule has 2 N–H and O–H groups in total. The van der Waals surface area contributed by atoms with Gasteiger partial charge in [0.05, 0.1) is 11.0 Å². The van der Waals surface area contributed by atoms with E-state index < -0.39 is 9.84 Å². The van der Waals surface area contributed by atoms with Crippen molar-refractivity contribution in [3.63, 3.8) is 0 Å². The van der Waals surface area contributed by atoms with E-state index in [1.165, 1.54) is 32.1 Å². The van der Waals surface area contributed by atoms with E-state index >= 15 is 0 Å². The lowest BCUT2D eigenvalue weighted by Crippen LogP contribution is -2.45. The van der Waals surface area contributed by atoms with Gasteiger partial charge in [-0.3, -0.25) is 0 Å². The van der Waals surface area contributed by atoms with Gasteiger partial charge in [0.1, 0.15) is 0 Å². The minimum atomic E-state index is -2.79. The van der Waals surface area contributed by atoms with E-state index in [9.17, 15) is 8.42 Å². The molecular formula is C14H26N2O2S. The van der Waals surface area contributed by atoms with E-state index in [4.69, 9.17) is 0 Å². The Morgan fingerprint density at radius 3 is 2.63 bits per heavy atom. The van der Waals surface area contributed by atoms with Crippen molar-refractivity contribution < 1.29 is 8.42 Å². The van der Waals surface area contributed by atoms with Crippen LogP contribution < -0.4 is 10.6 Å². The number of rotatable bonds is 4. The molecule has 1 saturated carbocycles. The van der Waals surface area contributed by atoms with Crippen molar-refractivity contribution in [2.45, 2.75) is 62.3 Å². The molecule has 0 radical (unpaired) electrons. The first-order valence-electron chi connectivity index (χ1n) is 7.85. The summed E-state index contributed by atoms with van der Waals surface area (Å²) < 4.78 is 23.7. The van der Waals surface area contributed by atoms with E-state index in [1.807, 2.05) is 0 Å². The summed E-state index contributed by atoms with van der Waals surface area (Å²) in [6.07, 6.45) is 8.11. The summed E-state index contributed by atoms with van der Waals surface area (Å²) in [5, 5.41) is 7.08. The largest absolute Gasteiger partial charge is 0.314 e. The van der Waals surface area contributed by atoms with Gasteiger partial charge in [-0.25, -0.2) is 8.42 Å². The van der Waals surface area contributed by atoms with Crippen LogP contribution in [0.1, 0.15) is 44.9 Å². The highest BCUT2D eigenvalue weighted by molar-refractivity contribution is 7.92. The smallest absolute Gasteiger partial charge is 0.154 e. The van der Waals surface area contributed by atoms with Crippen LogP contribution in [0.15, 0.2) is 0 Å². The van der Waals surface area contributed by atoms with Crippen molar-refractivity contribution in [3.8, 4) is 0 Å². The summed E-state index contributed by atoms with van der Waals surface area (Å²) >= 11 is 0. The zero-order chi connectivity index (χ0) is 13.3. The molecule has 5 heteroatoms. The van der Waals surface area contributed by atoms with E-state index in [-0.39, 0.29) is 5.25 Å². The topological polar surface area (TPSA) is 58.2 Å². The highest BCUT2D eigenvalue weighted by Crippen LogP contribution is 2.32. The molecule has 3 rings (SSSR count). The SMILES string of the molecule is O=S1(=O)CCCC1CNC1CCCC1C1CCCN1. The minimum Gasteiger partial charge on any atom is -0.314 e. The van der Waals surface area contributed by atoms with Crippen molar-refractivity contribution in [2.75, 3.05) is 18.8 Å². The monoisotopic (exact) mass is 286 g/mol. The highest BCUT2D eigenvalue weighted by atomic mass is 32.2. The summed E-state index contributed by atoms with van der Waals surface area (Å²) in [4.78, 5) is 0. The van der Waals surface area contributed by atoms with Crippen molar-refractivity contribution in [3.05, 3.63) is 0 Å². The number of hydrogen-bond donors (Lipinski definition) is 2. The molecule has 4 atom stereocenters. The zero-order valence-electron chi connectivity index (χ0n) is 11.6. The minimum absolute atomic E-state index is 0.120. The number of sulfone groups is 1. The molecule has 3 fully saturated rings. The number of hydrogen-bond acceptors (Lipinski definition) is 4. The second-order valence-electron chi connectivity index (χ2n) is 6.44. The Balaban J connectivity index is 1.54. The molecule has 2 heterocycles. The number of nitrogens with one attached hydrogen (secondary N) is 2. The lowest BCUT2D eigenvalue weighted by Gasteiger charge is -2.27. The van der Waals surface area contributed by atoms with Gasteiger partial charge in [-0.2, -0.15) is 0 Å². The molecule has 19 heavy (non-hydrogen) atoms. The average molecular weight is 286 g/mol. The molecule has 0 aromatic heterocycles. The first-order chi connectivity index (χ1) is 9.17. The van der Waals surface area contributed by atoms with Gasteiger partial charge in [0.15, 0.2) is 9.84 Å². The average Bonchev–Trinajstić information content (AvgIpc) is 3.05. The standard InChI is InChI=1S/C14H26N2O2S/c17-19(18)9-3-4-11(19)10-16-14-6-1-5-12(14)13-7-2-8-15-13/h11-16H,1-10H2. The van der Waals surface area contributed by atoms with Crippen LogP contribution in [0.2, 0.25) is 0 Å².